The van der Waals surface area contributed by atoms with Crippen LogP contribution in [0.1, 0.15) is 41.6 Å². The number of esters is 2. The molecule has 1 heterocycles. The predicted octanol–water partition coefficient (Wildman–Crippen LogP) is 0.450. The highest BCUT2D eigenvalue weighted by Gasteiger charge is 2.50. The van der Waals surface area contributed by atoms with Crippen molar-refractivity contribution < 1.29 is 64.3 Å². The Hall–Kier alpha value is -4.33. The minimum Gasteiger partial charge on any atom is -0.504 e. The Morgan fingerprint density at radius 1 is 1.03 bits per heavy atom. The molecule has 2 unspecified atom stereocenters. The molecule has 0 amide bonds. The van der Waals surface area contributed by atoms with Gasteiger partial charge < -0.3 is 50.0 Å². The van der Waals surface area contributed by atoms with E-state index in [2.05, 4.69) is 0 Å². The van der Waals surface area contributed by atoms with E-state index in [1.165, 1.54) is 36.4 Å². The van der Waals surface area contributed by atoms with Gasteiger partial charge in [-0.2, -0.15) is 0 Å². The molecule has 39 heavy (non-hydrogen) atoms. The number of methoxy groups -OCH3 is 1. The standard InChI is InChI=1S/C26H26O13/c1-37-24(33)20-13-6-11(7-16(29)23(13)39-22(20)12-3-4-14(27)15(28)8-12)2-5-19(31)38-18-10-26(36,25(34)35)9-17(30)21(18)32/h2-8,17-18,20-22,27-30,32,36H,9-10H2,1H3,(H,34,35)/b5-2+/t17-,18-,20?,21-,22?,26+/m1/s1. The molecular formula is C26H26O13. The number of fused-ring (bicyclic) bond motifs is 1. The summed E-state index contributed by atoms with van der Waals surface area (Å²) in [7, 11) is 1.16. The van der Waals surface area contributed by atoms with Gasteiger partial charge in [-0.05, 0) is 41.5 Å². The molecule has 2 aromatic carbocycles. The van der Waals surface area contributed by atoms with Crippen molar-refractivity contribution in [2.45, 2.75) is 48.8 Å². The van der Waals surface area contributed by atoms with Crippen LogP contribution in [0.5, 0.6) is 23.0 Å². The summed E-state index contributed by atoms with van der Waals surface area (Å²) in [5, 5.41) is 69.5. The van der Waals surface area contributed by atoms with Crippen LogP contribution in [0.2, 0.25) is 0 Å². The lowest BCUT2D eigenvalue weighted by Gasteiger charge is -2.39. The fraction of sp³-hybridized carbons (Fsp3) is 0.346. The first-order valence-corrected chi connectivity index (χ1v) is 11.7. The molecule has 0 aromatic heterocycles. The van der Waals surface area contributed by atoms with Crippen LogP contribution in [0.15, 0.2) is 36.4 Å². The maximum absolute atomic E-state index is 12.7. The first kappa shape index (κ1) is 27.7. The number of rotatable bonds is 6. The Morgan fingerprint density at radius 3 is 2.38 bits per heavy atom. The molecule has 208 valence electrons. The molecule has 1 fully saturated rings. The van der Waals surface area contributed by atoms with Gasteiger partial charge in [-0.1, -0.05) is 6.07 Å². The number of aliphatic carboxylic acids is 1. The van der Waals surface area contributed by atoms with E-state index in [0.717, 1.165) is 13.2 Å². The maximum Gasteiger partial charge on any atom is 0.335 e. The van der Waals surface area contributed by atoms with Gasteiger partial charge in [0.2, 0.25) is 0 Å². The molecule has 13 nitrogen and oxygen atoms in total. The van der Waals surface area contributed by atoms with Gasteiger partial charge in [0, 0.05) is 24.5 Å². The Morgan fingerprint density at radius 2 is 1.74 bits per heavy atom. The number of phenols is 3. The lowest BCUT2D eigenvalue weighted by molar-refractivity contribution is -0.196. The number of aliphatic hydroxyl groups excluding tert-OH is 2. The molecule has 6 atom stereocenters. The van der Waals surface area contributed by atoms with Crippen LogP contribution in [-0.2, 0) is 23.9 Å². The molecule has 13 heteroatoms. The van der Waals surface area contributed by atoms with E-state index in [9.17, 15) is 50.1 Å². The van der Waals surface area contributed by atoms with Crippen molar-refractivity contribution in [2.24, 2.45) is 0 Å². The van der Waals surface area contributed by atoms with Gasteiger partial charge in [-0.15, -0.1) is 0 Å². The number of phenolic OH excluding ortho intramolecular Hbond substituents is 3. The van der Waals surface area contributed by atoms with Crippen molar-refractivity contribution in [2.75, 3.05) is 7.11 Å². The summed E-state index contributed by atoms with van der Waals surface area (Å²) >= 11 is 0. The third-order valence-corrected chi connectivity index (χ3v) is 6.72. The third-order valence-electron chi connectivity index (χ3n) is 6.72. The van der Waals surface area contributed by atoms with E-state index >= 15 is 0 Å². The monoisotopic (exact) mass is 546 g/mol. The summed E-state index contributed by atoms with van der Waals surface area (Å²) in [6.07, 6.45) is -4.98. The van der Waals surface area contributed by atoms with Gasteiger partial charge in [0.15, 0.2) is 28.6 Å². The number of benzene rings is 2. The van der Waals surface area contributed by atoms with Gasteiger partial charge >= 0.3 is 17.9 Å². The molecule has 7 N–H and O–H groups in total. The molecule has 1 aliphatic carbocycles. The molecule has 0 radical (unpaired) electrons. The highest BCUT2D eigenvalue weighted by molar-refractivity contribution is 5.88. The first-order chi connectivity index (χ1) is 18.3. The zero-order chi connectivity index (χ0) is 28.6. The van der Waals surface area contributed by atoms with Crippen LogP contribution < -0.4 is 4.74 Å². The van der Waals surface area contributed by atoms with E-state index in [1.807, 2.05) is 0 Å². The van der Waals surface area contributed by atoms with E-state index in [0.29, 0.717) is 5.56 Å². The highest BCUT2D eigenvalue weighted by atomic mass is 16.6. The first-order valence-electron chi connectivity index (χ1n) is 11.7. The molecule has 2 aliphatic rings. The highest BCUT2D eigenvalue weighted by Crippen LogP contribution is 2.51. The molecule has 1 saturated carbocycles. The zero-order valence-corrected chi connectivity index (χ0v) is 20.4. The van der Waals surface area contributed by atoms with E-state index in [4.69, 9.17) is 14.2 Å². The van der Waals surface area contributed by atoms with Crippen LogP contribution in [-0.4, -0.2) is 84.7 Å². The molecule has 0 spiro atoms. The average Bonchev–Trinajstić information content (AvgIpc) is 3.27. The van der Waals surface area contributed by atoms with Crippen LogP contribution in [0, 0.1) is 0 Å². The quantitative estimate of drug-likeness (QED) is 0.149. The van der Waals surface area contributed by atoms with Crippen molar-refractivity contribution in [3.05, 3.63) is 53.1 Å². The number of carbonyl (C=O) groups excluding carboxylic acids is 2. The lowest BCUT2D eigenvalue weighted by atomic mass is 9.79. The zero-order valence-electron chi connectivity index (χ0n) is 20.4. The molecule has 1 aliphatic heterocycles. The van der Waals surface area contributed by atoms with Gasteiger partial charge in [0.25, 0.3) is 0 Å². The third kappa shape index (κ3) is 5.32. The van der Waals surface area contributed by atoms with E-state index < -0.39 is 72.4 Å². The van der Waals surface area contributed by atoms with E-state index in [1.54, 1.807) is 0 Å². The molecule has 0 saturated heterocycles. The van der Waals surface area contributed by atoms with Crippen molar-refractivity contribution in [1.29, 1.82) is 0 Å². The number of hydrogen-bond donors (Lipinski definition) is 7. The summed E-state index contributed by atoms with van der Waals surface area (Å²) in [6, 6.07) is 6.53. The molecule has 2 aromatic rings. The van der Waals surface area contributed by atoms with Gasteiger partial charge in [-0.25, -0.2) is 9.59 Å². The smallest absolute Gasteiger partial charge is 0.335 e. The number of ether oxygens (including phenoxy) is 3. The number of hydrogen-bond acceptors (Lipinski definition) is 12. The molecular weight excluding hydrogens is 520 g/mol. The van der Waals surface area contributed by atoms with Gasteiger partial charge in [-0.3, -0.25) is 4.79 Å². The maximum atomic E-state index is 12.7. The number of carboxylic acids is 1. The number of aliphatic hydroxyl groups is 3. The SMILES string of the molecule is COC(=O)C1c2cc(/C=C/C(=O)O[C@@H]3C[C@](O)(C(=O)O)C[C@@H](O)[C@H]3O)cc(O)c2OC1c1ccc(O)c(O)c1. The second-order valence-electron chi connectivity index (χ2n) is 9.36. The minimum atomic E-state index is -2.40. The summed E-state index contributed by atoms with van der Waals surface area (Å²) in [5.74, 6) is -5.73. The average molecular weight is 546 g/mol. The second kappa shape index (κ2) is 10.4. The summed E-state index contributed by atoms with van der Waals surface area (Å²) < 4.78 is 15.8. The summed E-state index contributed by atoms with van der Waals surface area (Å²) in [5.41, 5.74) is -1.65. The topological polar surface area (TPSA) is 221 Å². The largest absolute Gasteiger partial charge is 0.504 e. The van der Waals surface area contributed by atoms with Crippen molar-refractivity contribution in [1.82, 2.24) is 0 Å². The Kier molecular flexibility index (Phi) is 7.41. The number of aromatic hydroxyl groups is 3. The number of carbonyl (C=O) groups is 3. The normalized spacial score (nSPS) is 27.9. The minimum absolute atomic E-state index is 0.0324. The predicted molar refractivity (Wildman–Crippen MR) is 129 cm³/mol. The van der Waals surface area contributed by atoms with Crippen LogP contribution in [0.4, 0.5) is 0 Å². The van der Waals surface area contributed by atoms with Crippen LogP contribution >= 0.6 is 0 Å². The molecule has 4 rings (SSSR count). The summed E-state index contributed by atoms with van der Waals surface area (Å²) in [4.78, 5) is 36.5. The fourth-order valence-electron chi connectivity index (χ4n) is 4.72. The fourth-order valence-corrected chi connectivity index (χ4v) is 4.72. The van der Waals surface area contributed by atoms with Crippen molar-refractivity contribution in [3.63, 3.8) is 0 Å². The van der Waals surface area contributed by atoms with Gasteiger partial charge in [0.05, 0.1) is 13.2 Å². The Labute approximate surface area is 220 Å². The van der Waals surface area contributed by atoms with Crippen molar-refractivity contribution in [3.8, 4) is 23.0 Å². The van der Waals surface area contributed by atoms with Crippen LogP contribution in [0.3, 0.4) is 0 Å². The van der Waals surface area contributed by atoms with Crippen molar-refractivity contribution >= 4 is 24.0 Å². The Bertz CT molecular complexity index is 1340. The Balaban J connectivity index is 1.57. The van der Waals surface area contributed by atoms with Gasteiger partial charge in [0.1, 0.15) is 24.2 Å². The molecule has 0 bridgehead atoms. The summed E-state index contributed by atoms with van der Waals surface area (Å²) in [6.45, 7) is 0. The van der Waals surface area contributed by atoms with E-state index in [-0.39, 0.29) is 28.4 Å². The second-order valence-corrected chi connectivity index (χ2v) is 9.36. The lowest BCUT2D eigenvalue weighted by Crippen LogP contribution is -2.57. The number of carboxylic acid groups (broad SMARTS) is 1. The van der Waals surface area contributed by atoms with Crippen LogP contribution in [0.25, 0.3) is 6.08 Å².